The molecule has 0 aliphatic carbocycles. The standard InChI is InChI=1S/C17H27BrN2O/c1-4-21-17-6-5-14(18)12-15(17)16(11-13(2)3)20-9-7-19-8-10-20/h5-6,12-13,16,19H,4,7-11H2,1-3H3/t16-/m0/s1. The van der Waals surface area contributed by atoms with Crippen LogP contribution in [0.5, 0.6) is 5.75 Å². The van der Waals surface area contributed by atoms with E-state index in [2.05, 4.69) is 58.2 Å². The van der Waals surface area contributed by atoms with Crippen LogP contribution in [0, 0.1) is 5.92 Å². The molecular weight excluding hydrogens is 328 g/mol. The molecule has 2 rings (SSSR count). The zero-order valence-electron chi connectivity index (χ0n) is 13.4. The molecule has 1 atom stereocenters. The summed E-state index contributed by atoms with van der Waals surface area (Å²) in [5.74, 6) is 1.70. The third-order valence-electron chi connectivity index (χ3n) is 3.92. The normalized spacial score (nSPS) is 18.0. The van der Waals surface area contributed by atoms with Gasteiger partial charge in [0.15, 0.2) is 0 Å². The van der Waals surface area contributed by atoms with Crippen LogP contribution >= 0.6 is 15.9 Å². The minimum Gasteiger partial charge on any atom is -0.494 e. The maximum absolute atomic E-state index is 5.88. The summed E-state index contributed by atoms with van der Waals surface area (Å²) in [4.78, 5) is 2.60. The van der Waals surface area contributed by atoms with Gasteiger partial charge >= 0.3 is 0 Å². The van der Waals surface area contributed by atoms with Gasteiger partial charge in [0, 0.05) is 42.3 Å². The van der Waals surface area contributed by atoms with Gasteiger partial charge in [-0.05, 0) is 37.5 Å². The molecule has 0 radical (unpaired) electrons. The molecule has 0 saturated carbocycles. The second-order valence-electron chi connectivity index (χ2n) is 6.05. The van der Waals surface area contributed by atoms with E-state index in [1.54, 1.807) is 0 Å². The molecule has 1 aliphatic heterocycles. The molecule has 1 saturated heterocycles. The number of nitrogens with zero attached hydrogens (tertiary/aromatic N) is 1. The van der Waals surface area contributed by atoms with Crippen LogP contribution in [0.15, 0.2) is 22.7 Å². The lowest BCUT2D eigenvalue weighted by atomic mass is 9.94. The lowest BCUT2D eigenvalue weighted by molar-refractivity contribution is 0.150. The highest BCUT2D eigenvalue weighted by Gasteiger charge is 2.25. The van der Waals surface area contributed by atoms with Gasteiger partial charge in [-0.1, -0.05) is 29.8 Å². The van der Waals surface area contributed by atoms with Crippen LogP contribution < -0.4 is 10.1 Å². The molecule has 0 spiro atoms. The second kappa shape index (κ2) is 8.16. The highest BCUT2D eigenvalue weighted by Crippen LogP contribution is 2.36. The van der Waals surface area contributed by atoms with Crippen molar-refractivity contribution in [3.05, 3.63) is 28.2 Å². The first-order valence-corrected chi connectivity index (χ1v) is 8.78. The SMILES string of the molecule is CCOc1ccc(Br)cc1[C@H](CC(C)C)N1CCNCC1. The maximum atomic E-state index is 5.88. The van der Waals surface area contributed by atoms with Gasteiger partial charge in [0.2, 0.25) is 0 Å². The van der Waals surface area contributed by atoms with Gasteiger partial charge in [0.05, 0.1) is 6.61 Å². The van der Waals surface area contributed by atoms with E-state index in [9.17, 15) is 0 Å². The summed E-state index contributed by atoms with van der Waals surface area (Å²) in [5, 5.41) is 3.44. The maximum Gasteiger partial charge on any atom is 0.124 e. The lowest BCUT2D eigenvalue weighted by Gasteiger charge is -2.37. The van der Waals surface area contributed by atoms with Crippen LogP contribution in [0.3, 0.4) is 0 Å². The zero-order valence-corrected chi connectivity index (χ0v) is 14.9. The van der Waals surface area contributed by atoms with Gasteiger partial charge in [0.1, 0.15) is 5.75 Å². The topological polar surface area (TPSA) is 24.5 Å². The summed E-state index contributed by atoms with van der Waals surface area (Å²) >= 11 is 3.62. The van der Waals surface area contributed by atoms with Gasteiger partial charge in [0.25, 0.3) is 0 Å². The number of halogens is 1. The molecule has 21 heavy (non-hydrogen) atoms. The number of hydrogen-bond acceptors (Lipinski definition) is 3. The molecule has 1 fully saturated rings. The highest BCUT2D eigenvalue weighted by atomic mass is 79.9. The Balaban J connectivity index is 2.31. The number of ether oxygens (including phenoxy) is 1. The molecule has 1 aromatic carbocycles. The van der Waals surface area contributed by atoms with E-state index < -0.39 is 0 Å². The van der Waals surface area contributed by atoms with Crippen LogP contribution in [0.1, 0.15) is 38.8 Å². The van der Waals surface area contributed by atoms with Crippen molar-refractivity contribution >= 4 is 15.9 Å². The molecule has 4 heteroatoms. The average molecular weight is 355 g/mol. The minimum atomic E-state index is 0.436. The van der Waals surface area contributed by atoms with Crippen molar-refractivity contribution in [3.8, 4) is 5.75 Å². The Morgan fingerprint density at radius 3 is 2.62 bits per heavy atom. The van der Waals surface area contributed by atoms with Crippen LogP contribution in [-0.4, -0.2) is 37.7 Å². The molecule has 1 heterocycles. The van der Waals surface area contributed by atoms with Crippen molar-refractivity contribution in [2.24, 2.45) is 5.92 Å². The number of rotatable bonds is 6. The molecule has 1 aliphatic rings. The third kappa shape index (κ3) is 4.70. The fourth-order valence-electron chi connectivity index (χ4n) is 2.98. The van der Waals surface area contributed by atoms with E-state index in [0.717, 1.165) is 42.8 Å². The van der Waals surface area contributed by atoms with E-state index >= 15 is 0 Å². The van der Waals surface area contributed by atoms with E-state index in [4.69, 9.17) is 4.74 Å². The fraction of sp³-hybridized carbons (Fsp3) is 0.647. The fourth-order valence-corrected chi connectivity index (χ4v) is 3.36. The van der Waals surface area contributed by atoms with Crippen LogP contribution in [0.4, 0.5) is 0 Å². The van der Waals surface area contributed by atoms with Crippen molar-refractivity contribution < 1.29 is 4.74 Å². The Bertz CT molecular complexity index is 444. The first-order chi connectivity index (χ1) is 10.1. The van der Waals surface area contributed by atoms with Crippen molar-refractivity contribution in [3.63, 3.8) is 0 Å². The predicted molar refractivity (Wildman–Crippen MR) is 91.9 cm³/mol. The Kier molecular flexibility index (Phi) is 6.52. The summed E-state index contributed by atoms with van der Waals surface area (Å²) in [6, 6.07) is 6.84. The summed E-state index contributed by atoms with van der Waals surface area (Å²) in [7, 11) is 0. The largest absolute Gasteiger partial charge is 0.494 e. The van der Waals surface area contributed by atoms with Crippen molar-refractivity contribution in [2.45, 2.75) is 33.2 Å². The third-order valence-corrected chi connectivity index (χ3v) is 4.41. The van der Waals surface area contributed by atoms with Crippen LogP contribution in [-0.2, 0) is 0 Å². The Labute approximate surface area is 137 Å². The molecule has 1 N–H and O–H groups in total. The van der Waals surface area contributed by atoms with Crippen molar-refractivity contribution in [1.29, 1.82) is 0 Å². The van der Waals surface area contributed by atoms with E-state index in [0.29, 0.717) is 18.6 Å². The predicted octanol–water partition coefficient (Wildman–Crippen LogP) is 3.84. The van der Waals surface area contributed by atoms with E-state index in [1.165, 1.54) is 5.56 Å². The number of hydrogen-bond donors (Lipinski definition) is 1. The highest BCUT2D eigenvalue weighted by molar-refractivity contribution is 9.10. The molecule has 0 unspecified atom stereocenters. The quantitative estimate of drug-likeness (QED) is 0.839. The smallest absolute Gasteiger partial charge is 0.124 e. The zero-order chi connectivity index (χ0) is 15.2. The molecular formula is C17H27BrN2O. The van der Waals surface area contributed by atoms with Crippen molar-refractivity contribution in [2.75, 3.05) is 32.8 Å². The Morgan fingerprint density at radius 2 is 2.00 bits per heavy atom. The minimum absolute atomic E-state index is 0.436. The summed E-state index contributed by atoms with van der Waals surface area (Å²) < 4.78 is 7.01. The first-order valence-electron chi connectivity index (χ1n) is 7.98. The van der Waals surface area contributed by atoms with Crippen molar-refractivity contribution in [1.82, 2.24) is 10.2 Å². The molecule has 0 amide bonds. The molecule has 1 aromatic rings. The first kappa shape index (κ1) is 16.8. The van der Waals surface area contributed by atoms with Gasteiger partial charge in [-0.25, -0.2) is 0 Å². The number of nitrogens with one attached hydrogen (secondary N) is 1. The van der Waals surface area contributed by atoms with E-state index in [-0.39, 0.29) is 0 Å². The summed E-state index contributed by atoms with van der Waals surface area (Å²) in [6.07, 6.45) is 1.16. The number of benzene rings is 1. The van der Waals surface area contributed by atoms with Gasteiger partial charge in [-0.15, -0.1) is 0 Å². The van der Waals surface area contributed by atoms with Gasteiger partial charge in [-0.2, -0.15) is 0 Å². The molecule has 118 valence electrons. The Morgan fingerprint density at radius 1 is 1.29 bits per heavy atom. The summed E-state index contributed by atoms with van der Waals surface area (Å²) in [5.41, 5.74) is 1.32. The second-order valence-corrected chi connectivity index (χ2v) is 6.96. The Hall–Kier alpha value is -0.580. The van der Waals surface area contributed by atoms with Crippen LogP contribution in [0.25, 0.3) is 0 Å². The number of piperazine rings is 1. The monoisotopic (exact) mass is 354 g/mol. The van der Waals surface area contributed by atoms with E-state index in [1.807, 2.05) is 6.92 Å². The van der Waals surface area contributed by atoms with Gasteiger partial charge in [-0.3, -0.25) is 4.90 Å². The van der Waals surface area contributed by atoms with Gasteiger partial charge < -0.3 is 10.1 Å². The summed E-state index contributed by atoms with van der Waals surface area (Å²) in [6.45, 7) is 11.7. The molecule has 3 nitrogen and oxygen atoms in total. The average Bonchev–Trinajstić information content (AvgIpc) is 2.48. The lowest BCUT2D eigenvalue weighted by Crippen LogP contribution is -2.45. The molecule has 0 bridgehead atoms. The molecule has 0 aromatic heterocycles. The van der Waals surface area contributed by atoms with Crippen LogP contribution in [0.2, 0.25) is 0 Å².